The van der Waals surface area contributed by atoms with Crippen LogP contribution in [0.4, 0.5) is 5.69 Å². The van der Waals surface area contributed by atoms with Crippen molar-refractivity contribution in [2.75, 3.05) is 11.9 Å². The maximum Gasteiger partial charge on any atom is 1.00 e. The number of anilines is 1. The van der Waals surface area contributed by atoms with Crippen LogP contribution in [-0.2, 0) is 4.79 Å². The Kier molecular flexibility index (Phi) is 7.00. The molecule has 1 rings (SSSR count). The van der Waals surface area contributed by atoms with Crippen LogP contribution in [0.3, 0.4) is 0 Å². The maximum absolute atomic E-state index is 10.2. The summed E-state index contributed by atoms with van der Waals surface area (Å²) in [4.78, 5) is 10.2. The second kappa shape index (κ2) is 7.49. The third-order valence-electron chi connectivity index (χ3n) is 1.67. The molecule has 0 radical (unpaired) electrons. The van der Waals surface area contributed by atoms with Crippen LogP contribution in [0.2, 0.25) is 0 Å². The third-order valence-corrected chi connectivity index (χ3v) is 1.67. The van der Waals surface area contributed by atoms with E-state index in [1.165, 1.54) is 0 Å². The van der Waals surface area contributed by atoms with E-state index in [2.05, 4.69) is 5.32 Å². The van der Waals surface area contributed by atoms with Crippen molar-refractivity contribution in [3.63, 3.8) is 0 Å². The van der Waals surface area contributed by atoms with Crippen molar-refractivity contribution < 1.29 is 30.2 Å². The number of aliphatic carboxylic acids is 1. The van der Waals surface area contributed by atoms with E-state index in [4.69, 9.17) is 5.11 Å². The predicted molar refractivity (Wildman–Crippen MR) is 52.9 cm³/mol. The van der Waals surface area contributed by atoms with Crippen LogP contribution in [0.1, 0.15) is 14.3 Å². The molecule has 4 heteroatoms. The van der Waals surface area contributed by atoms with Crippen molar-refractivity contribution >= 4 is 11.7 Å². The quantitative estimate of drug-likeness (QED) is 0.463. The molecule has 0 fully saturated rings. The Labute approximate surface area is 97.2 Å². The minimum absolute atomic E-state index is 0. The Morgan fingerprint density at radius 2 is 2.00 bits per heavy atom. The zero-order valence-electron chi connectivity index (χ0n) is 9.36. The Balaban J connectivity index is 0. The van der Waals surface area contributed by atoms with Gasteiger partial charge in [0.1, 0.15) is 0 Å². The van der Waals surface area contributed by atoms with Crippen molar-refractivity contribution in [3.05, 3.63) is 30.3 Å². The molecule has 0 spiro atoms. The monoisotopic (exact) mass is 187 g/mol. The van der Waals surface area contributed by atoms with Crippen LogP contribution in [-0.4, -0.2) is 17.6 Å². The summed E-state index contributed by atoms with van der Waals surface area (Å²) in [6.45, 7) is 0.705. The zero-order chi connectivity index (χ0) is 9.52. The number of carboxylic acids is 1. The molecule has 0 saturated heterocycles. The first-order chi connectivity index (χ1) is 6.29. The molecular weight excluding hydrogens is 173 g/mol. The number of rotatable bonds is 5. The van der Waals surface area contributed by atoms with Gasteiger partial charge in [-0.05, 0) is 18.6 Å². The minimum atomic E-state index is -0.741. The molecule has 0 aliphatic carbocycles. The molecule has 0 saturated carbocycles. The first kappa shape index (κ1) is 13.1. The summed E-state index contributed by atoms with van der Waals surface area (Å²) in [5.74, 6) is -0.741. The second-order valence-electron chi connectivity index (χ2n) is 2.79. The summed E-state index contributed by atoms with van der Waals surface area (Å²) < 4.78 is 0. The van der Waals surface area contributed by atoms with E-state index in [1.807, 2.05) is 30.3 Å². The van der Waals surface area contributed by atoms with Gasteiger partial charge >= 0.3 is 24.8 Å². The van der Waals surface area contributed by atoms with Crippen LogP contribution >= 0.6 is 0 Å². The van der Waals surface area contributed by atoms with Crippen molar-refractivity contribution in [2.45, 2.75) is 12.8 Å². The van der Waals surface area contributed by atoms with Crippen LogP contribution < -0.4 is 24.2 Å². The predicted octanol–water partition coefficient (Wildman–Crippen LogP) is -0.920. The Morgan fingerprint density at radius 3 is 2.57 bits per heavy atom. The van der Waals surface area contributed by atoms with Gasteiger partial charge in [-0.2, -0.15) is 0 Å². The standard InChI is InChI=1S/C10H13NO2.Li.H/c12-10(13)7-4-8-11-9-5-2-1-3-6-9;;/h1-3,5-6,11H,4,7-8H2,(H,12,13);;/q;+1;-1. The Hall–Kier alpha value is -0.913. The smallest absolute Gasteiger partial charge is 1.00 e. The van der Waals surface area contributed by atoms with Gasteiger partial charge in [-0.15, -0.1) is 0 Å². The zero-order valence-corrected chi connectivity index (χ0v) is 8.36. The first-order valence-corrected chi connectivity index (χ1v) is 4.30. The van der Waals surface area contributed by atoms with Crippen LogP contribution in [0.5, 0.6) is 0 Å². The van der Waals surface area contributed by atoms with Gasteiger partial charge in [0.05, 0.1) is 0 Å². The van der Waals surface area contributed by atoms with Crippen molar-refractivity contribution in [1.82, 2.24) is 0 Å². The number of carboxylic acid groups (broad SMARTS) is 1. The molecule has 0 aliphatic rings. The molecule has 2 N–H and O–H groups in total. The molecule has 1 aromatic rings. The molecule has 3 nitrogen and oxygen atoms in total. The van der Waals surface area contributed by atoms with Crippen molar-refractivity contribution in [1.29, 1.82) is 0 Å². The summed E-state index contributed by atoms with van der Waals surface area (Å²) in [5, 5.41) is 11.5. The van der Waals surface area contributed by atoms with Gasteiger partial charge in [0.2, 0.25) is 0 Å². The summed E-state index contributed by atoms with van der Waals surface area (Å²) in [6.07, 6.45) is 0.879. The topological polar surface area (TPSA) is 49.3 Å². The fourth-order valence-corrected chi connectivity index (χ4v) is 1.03. The largest absolute Gasteiger partial charge is 1.00 e. The van der Waals surface area contributed by atoms with E-state index < -0.39 is 5.97 Å². The van der Waals surface area contributed by atoms with E-state index in [-0.39, 0.29) is 26.7 Å². The molecule has 0 aromatic heterocycles. The summed E-state index contributed by atoms with van der Waals surface area (Å²) >= 11 is 0. The van der Waals surface area contributed by atoms with Crippen molar-refractivity contribution in [2.24, 2.45) is 0 Å². The second-order valence-corrected chi connectivity index (χ2v) is 2.79. The molecule has 0 aliphatic heterocycles. The minimum Gasteiger partial charge on any atom is -1.00 e. The summed E-state index contributed by atoms with van der Waals surface area (Å²) in [5.41, 5.74) is 1.04. The summed E-state index contributed by atoms with van der Waals surface area (Å²) in [6, 6.07) is 9.75. The number of carbonyl (C=O) groups is 1. The van der Waals surface area contributed by atoms with Crippen LogP contribution in [0.25, 0.3) is 0 Å². The molecule has 0 amide bonds. The average molecular weight is 187 g/mol. The Bertz CT molecular complexity index is 269. The fourth-order valence-electron chi connectivity index (χ4n) is 1.03. The molecule has 0 unspecified atom stereocenters. The fraction of sp³-hybridized carbons (Fsp3) is 0.300. The number of para-hydroxylation sites is 1. The molecule has 1 aromatic carbocycles. The molecule has 0 heterocycles. The van der Waals surface area contributed by atoms with Gasteiger partial charge < -0.3 is 11.8 Å². The first-order valence-electron chi connectivity index (χ1n) is 4.30. The van der Waals surface area contributed by atoms with Gasteiger partial charge in [-0.25, -0.2) is 0 Å². The van der Waals surface area contributed by atoms with Crippen LogP contribution in [0, 0.1) is 0 Å². The van der Waals surface area contributed by atoms with E-state index in [9.17, 15) is 4.79 Å². The molecule has 0 bridgehead atoms. The van der Waals surface area contributed by atoms with Gasteiger partial charge in [-0.1, -0.05) is 18.2 Å². The normalized spacial score (nSPS) is 8.86. The third kappa shape index (κ3) is 5.68. The average Bonchev–Trinajstić information content (AvgIpc) is 2.14. The maximum atomic E-state index is 10.2. The Morgan fingerprint density at radius 1 is 1.36 bits per heavy atom. The molecule has 0 atom stereocenters. The van der Waals surface area contributed by atoms with Crippen molar-refractivity contribution in [3.8, 4) is 0 Å². The van der Waals surface area contributed by atoms with Gasteiger partial charge in [0.25, 0.3) is 0 Å². The molecule has 72 valence electrons. The van der Waals surface area contributed by atoms with Gasteiger partial charge in [0, 0.05) is 18.7 Å². The van der Waals surface area contributed by atoms with Gasteiger partial charge in [-0.3, -0.25) is 4.79 Å². The number of hydrogen-bond acceptors (Lipinski definition) is 2. The van der Waals surface area contributed by atoms with E-state index in [0.29, 0.717) is 13.0 Å². The SMILES string of the molecule is O=C(O)CCCNc1ccccc1.[H-].[Li+]. The van der Waals surface area contributed by atoms with E-state index >= 15 is 0 Å². The van der Waals surface area contributed by atoms with Gasteiger partial charge in [0.15, 0.2) is 0 Å². The van der Waals surface area contributed by atoms with E-state index in [0.717, 1.165) is 5.69 Å². The number of nitrogens with one attached hydrogen (secondary N) is 1. The number of hydrogen-bond donors (Lipinski definition) is 2. The molecular formula is C10H14LiNO2. The molecule has 14 heavy (non-hydrogen) atoms. The number of benzene rings is 1. The van der Waals surface area contributed by atoms with Crippen LogP contribution in [0.15, 0.2) is 30.3 Å². The van der Waals surface area contributed by atoms with E-state index in [1.54, 1.807) is 0 Å². The summed E-state index contributed by atoms with van der Waals surface area (Å²) in [7, 11) is 0.